The van der Waals surface area contributed by atoms with Crippen LogP contribution < -0.4 is 29.6 Å². The number of hydrogen-bond acceptors (Lipinski definition) is 2. The molecule has 72 valence electrons. The topological polar surface area (TPSA) is 45.8 Å². The van der Waals surface area contributed by atoms with E-state index in [0.29, 0.717) is 12.2 Å². The van der Waals surface area contributed by atoms with Crippen LogP contribution in [0.5, 0.6) is 0 Å². The molecule has 3 nitrogen and oxygen atoms in total. The van der Waals surface area contributed by atoms with Crippen molar-refractivity contribution >= 4 is 5.78 Å². The first-order chi connectivity index (χ1) is 6.86. The number of hydrogen-bond donors (Lipinski definition) is 1. The second-order valence-electron chi connectivity index (χ2n) is 3.02. The van der Waals surface area contributed by atoms with Crippen LogP contribution in [0.1, 0.15) is 17.6 Å². The van der Waals surface area contributed by atoms with Crippen LogP contribution in [0.4, 0.5) is 0 Å². The quantitative estimate of drug-likeness (QED) is 0.519. The van der Waals surface area contributed by atoms with Crippen LogP contribution in [0.15, 0.2) is 42.7 Å². The Balaban J connectivity index is 0.00000112. The van der Waals surface area contributed by atoms with Gasteiger partial charge in [-0.25, -0.2) is 4.98 Å². The third kappa shape index (κ3) is 3.30. The van der Waals surface area contributed by atoms with E-state index in [9.17, 15) is 4.79 Å². The molecule has 1 aromatic heterocycles. The van der Waals surface area contributed by atoms with Gasteiger partial charge in [-0.2, -0.15) is 0 Å². The van der Waals surface area contributed by atoms with Crippen molar-refractivity contribution in [3.8, 4) is 0 Å². The summed E-state index contributed by atoms with van der Waals surface area (Å²) in [6.07, 6.45) is 3.63. The Morgan fingerprint density at radius 2 is 2.07 bits per heavy atom. The molecular formula is C11H11N2NaO. The Labute approximate surface area is 112 Å². The molecule has 0 aliphatic heterocycles. The molecule has 0 atom stereocenters. The smallest absolute Gasteiger partial charge is 1.00 e. The zero-order valence-electron chi connectivity index (χ0n) is 9.60. The van der Waals surface area contributed by atoms with Crippen molar-refractivity contribution in [2.75, 3.05) is 0 Å². The molecule has 1 N–H and O–H groups in total. The first-order valence-corrected chi connectivity index (χ1v) is 4.43. The van der Waals surface area contributed by atoms with Gasteiger partial charge in [0, 0.05) is 18.8 Å². The number of ketones is 1. The molecular weight excluding hydrogens is 199 g/mol. The average Bonchev–Trinajstić information content (AvgIpc) is 2.72. The summed E-state index contributed by atoms with van der Waals surface area (Å²) in [6, 6.07) is 9.64. The number of aromatic nitrogens is 2. The van der Waals surface area contributed by atoms with Gasteiger partial charge < -0.3 is 6.41 Å². The number of nitrogens with one attached hydrogen (secondary N) is 1. The van der Waals surface area contributed by atoms with Gasteiger partial charge in [0.2, 0.25) is 5.78 Å². The molecule has 0 amide bonds. The maximum atomic E-state index is 11.6. The van der Waals surface area contributed by atoms with Gasteiger partial charge in [0.05, 0.1) is 0 Å². The zero-order valence-corrected chi connectivity index (χ0v) is 10.6. The standard InChI is InChI=1S/C11H10N2O.Na.H/c14-10(11-12-6-7-13-11)8-9-4-2-1-3-5-9;;/h1-7H,8H2,(H,12,13);;/q;+1;-1. The first-order valence-electron chi connectivity index (χ1n) is 4.43. The minimum absolute atomic E-state index is 0. The van der Waals surface area contributed by atoms with Crippen LogP contribution in [-0.4, -0.2) is 15.8 Å². The van der Waals surface area contributed by atoms with Crippen LogP contribution in [0, 0.1) is 0 Å². The number of carbonyl (C=O) groups is 1. The molecule has 0 saturated heterocycles. The molecule has 0 bridgehead atoms. The Bertz CT molecular complexity index is 417. The maximum absolute atomic E-state index is 11.6. The van der Waals surface area contributed by atoms with Crippen molar-refractivity contribution in [2.45, 2.75) is 6.42 Å². The van der Waals surface area contributed by atoms with E-state index in [0.717, 1.165) is 5.56 Å². The second-order valence-corrected chi connectivity index (χ2v) is 3.02. The molecule has 15 heavy (non-hydrogen) atoms. The van der Waals surface area contributed by atoms with Gasteiger partial charge in [0.15, 0.2) is 5.82 Å². The van der Waals surface area contributed by atoms with E-state index < -0.39 is 0 Å². The van der Waals surface area contributed by atoms with Gasteiger partial charge in [-0.15, -0.1) is 0 Å². The number of imidazole rings is 1. The number of rotatable bonds is 3. The third-order valence-electron chi connectivity index (χ3n) is 1.97. The molecule has 0 radical (unpaired) electrons. The zero-order chi connectivity index (χ0) is 9.80. The van der Waals surface area contributed by atoms with Crippen molar-refractivity contribution in [3.63, 3.8) is 0 Å². The molecule has 0 spiro atoms. The summed E-state index contributed by atoms with van der Waals surface area (Å²) in [5.41, 5.74) is 1.01. The number of Topliss-reactive ketones (excluding diaryl/α,β-unsaturated/α-hetero) is 1. The fourth-order valence-electron chi connectivity index (χ4n) is 1.28. The molecule has 1 heterocycles. The van der Waals surface area contributed by atoms with Crippen LogP contribution in [-0.2, 0) is 6.42 Å². The number of H-pyrrole nitrogens is 1. The van der Waals surface area contributed by atoms with E-state index in [1.54, 1.807) is 12.4 Å². The molecule has 0 unspecified atom stereocenters. The molecule has 0 aliphatic rings. The van der Waals surface area contributed by atoms with Gasteiger partial charge in [-0.1, -0.05) is 30.3 Å². The largest absolute Gasteiger partial charge is 1.00 e. The predicted molar refractivity (Wildman–Crippen MR) is 54.2 cm³/mol. The Hall–Kier alpha value is -0.900. The Morgan fingerprint density at radius 3 is 2.67 bits per heavy atom. The van der Waals surface area contributed by atoms with Crippen molar-refractivity contribution in [2.24, 2.45) is 0 Å². The van der Waals surface area contributed by atoms with Gasteiger partial charge in [0.25, 0.3) is 0 Å². The summed E-state index contributed by atoms with van der Waals surface area (Å²) in [5.74, 6) is 0.440. The van der Waals surface area contributed by atoms with Crippen molar-refractivity contribution in [1.82, 2.24) is 9.97 Å². The summed E-state index contributed by atoms with van der Waals surface area (Å²) in [5, 5.41) is 0. The monoisotopic (exact) mass is 210 g/mol. The molecule has 0 saturated carbocycles. The molecule has 1 aromatic carbocycles. The van der Waals surface area contributed by atoms with Gasteiger partial charge >= 0.3 is 29.6 Å². The van der Waals surface area contributed by atoms with E-state index in [1.807, 2.05) is 30.3 Å². The minimum atomic E-state index is 0. The summed E-state index contributed by atoms with van der Waals surface area (Å²) in [7, 11) is 0. The summed E-state index contributed by atoms with van der Waals surface area (Å²) in [4.78, 5) is 18.3. The van der Waals surface area contributed by atoms with Crippen molar-refractivity contribution in [3.05, 3.63) is 54.1 Å². The van der Waals surface area contributed by atoms with Crippen LogP contribution in [0.3, 0.4) is 0 Å². The van der Waals surface area contributed by atoms with Crippen LogP contribution in [0.25, 0.3) is 0 Å². The van der Waals surface area contributed by atoms with E-state index in [4.69, 9.17) is 0 Å². The van der Waals surface area contributed by atoms with Crippen molar-refractivity contribution in [1.29, 1.82) is 0 Å². The summed E-state index contributed by atoms with van der Waals surface area (Å²) < 4.78 is 0. The van der Waals surface area contributed by atoms with E-state index in [2.05, 4.69) is 9.97 Å². The first kappa shape index (κ1) is 12.2. The number of nitrogens with zero attached hydrogens (tertiary/aromatic N) is 1. The molecule has 2 rings (SSSR count). The minimum Gasteiger partial charge on any atom is -1.00 e. The van der Waals surface area contributed by atoms with E-state index >= 15 is 0 Å². The maximum Gasteiger partial charge on any atom is 1.00 e. The van der Waals surface area contributed by atoms with Gasteiger partial charge in [0.1, 0.15) is 0 Å². The third-order valence-corrected chi connectivity index (χ3v) is 1.97. The second kappa shape index (κ2) is 5.85. The fourth-order valence-corrected chi connectivity index (χ4v) is 1.28. The SMILES string of the molecule is O=C(Cc1ccccc1)c1ncc[nH]1.[H-].[Na+]. The van der Waals surface area contributed by atoms with Crippen LogP contribution >= 0.6 is 0 Å². The van der Waals surface area contributed by atoms with E-state index in [-0.39, 0.29) is 36.8 Å². The van der Waals surface area contributed by atoms with Gasteiger partial charge in [-0.05, 0) is 5.56 Å². The van der Waals surface area contributed by atoms with Crippen molar-refractivity contribution < 1.29 is 35.8 Å². The summed E-state index contributed by atoms with van der Waals surface area (Å²) >= 11 is 0. The molecule has 0 fully saturated rings. The van der Waals surface area contributed by atoms with E-state index in [1.165, 1.54) is 0 Å². The Kier molecular flexibility index (Phi) is 4.75. The number of benzene rings is 1. The summed E-state index contributed by atoms with van der Waals surface area (Å²) in [6.45, 7) is 0. The molecule has 2 aromatic rings. The Morgan fingerprint density at radius 1 is 1.33 bits per heavy atom. The number of aromatic amines is 1. The average molecular weight is 210 g/mol. The number of carbonyl (C=O) groups excluding carboxylic acids is 1. The predicted octanol–water partition coefficient (Wildman–Crippen LogP) is -1.05. The van der Waals surface area contributed by atoms with Gasteiger partial charge in [-0.3, -0.25) is 4.79 Å². The normalized spacial score (nSPS) is 9.33. The molecule has 0 aliphatic carbocycles. The van der Waals surface area contributed by atoms with Crippen LogP contribution in [0.2, 0.25) is 0 Å². The molecule has 4 heteroatoms. The fraction of sp³-hybridized carbons (Fsp3) is 0.0909.